The van der Waals surface area contributed by atoms with Crippen molar-refractivity contribution < 1.29 is 9.47 Å². The highest BCUT2D eigenvalue weighted by Crippen LogP contribution is 2.30. The van der Waals surface area contributed by atoms with Crippen molar-refractivity contribution >= 4 is 22.9 Å². The summed E-state index contributed by atoms with van der Waals surface area (Å²) in [6.45, 7) is 2.09. The lowest BCUT2D eigenvalue weighted by Crippen LogP contribution is -2.18. The Morgan fingerprint density at radius 2 is 2.16 bits per heavy atom. The Hall–Kier alpha value is -1.21. The smallest absolute Gasteiger partial charge is 0.299 e. The van der Waals surface area contributed by atoms with E-state index in [2.05, 4.69) is 15.5 Å². The molecule has 0 fully saturated rings. The highest BCUT2D eigenvalue weighted by Gasteiger charge is 2.08. The van der Waals surface area contributed by atoms with Gasteiger partial charge in [-0.2, -0.15) is 0 Å². The molecule has 0 bridgehead atoms. The number of para-hydroxylation sites is 1. The molecule has 1 N–H and O–H groups in total. The summed E-state index contributed by atoms with van der Waals surface area (Å²) in [5.41, 5.74) is 0. The fourth-order valence-corrected chi connectivity index (χ4v) is 2.19. The van der Waals surface area contributed by atoms with Gasteiger partial charge >= 0.3 is 0 Å². The second-order valence-electron chi connectivity index (χ2n) is 3.66. The molecule has 0 aliphatic heterocycles. The number of methoxy groups -OCH3 is 1. The summed E-state index contributed by atoms with van der Waals surface area (Å²) in [5.74, 6) is 0.583. The molecule has 0 aliphatic carbocycles. The molecule has 19 heavy (non-hydrogen) atoms. The molecular formula is C12H14ClN3O2S. The lowest BCUT2D eigenvalue weighted by molar-refractivity contribution is 0.199. The molecule has 0 amide bonds. The molecule has 1 aromatic heterocycles. The van der Waals surface area contributed by atoms with E-state index in [9.17, 15) is 0 Å². The highest BCUT2D eigenvalue weighted by molar-refractivity contribution is 7.13. The molecule has 7 heteroatoms. The van der Waals surface area contributed by atoms with Crippen LogP contribution in [-0.2, 0) is 11.3 Å². The lowest BCUT2D eigenvalue weighted by atomic mass is 10.3. The predicted octanol–water partition coefficient (Wildman–Crippen LogP) is 2.72. The molecule has 1 heterocycles. The van der Waals surface area contributed by atoms with Gasteiger partial charge in [-0.25, -0.2) is 0 Å². The molecule has 2 aromatic rings. The van der Waals surface area contributed by atoms with Crippen LogP contribution in [0.4, 0.5) is 0 Å². The maximum atomic E-state index is 6.00. The quantitative estimate of drug-likeness (QED) is 0.797. The van der Waals surface area contributed by atoms with Crippen LogP contribution in [0.15, 0.2) is 24.3 Å². The van der Waals surface area contributed by atoms with Crippen molar-refractivity contribution in [3.63, 3.8) is 0 Å². The van der Waals surface area contributed by atoms with E-state index in [1.165, 1.54) is 11.3 Å². The largest absolute Gasteiger partial charge is 0.428 e. The minimum absolute atomic E-state index is 0.483. The third-order valence-corrected chi connectivity index (χ3v) is 3.35. The second kappa shape index (κ2) is 7.40. The monoisotopic (exact) mass is 299 g/mol. The van der Waals surface area contributed by atoms with Crippen molar-refractivity contribution in [1.82, 2.24) is 15.5 Å². The molecule has 2 rings (SSSR count). The van der Waals surface area contributed by atoms with Crippen molar-refractivity contribution in [1.29, 1.82) is 0 Å². The molecule has 0 spiro atoms. The Morgan fingerprint density at radius 1 is 1.32 bits per heavy atom. The molecule has 5 nitrogen and oxygen atoms in total. The van der Waals surface area contributed by atoms with Crippen LogP contribution in [0.2, 0.25) is 5.02 Å². The van der Waals surface area contributed by atoms with Gasteiger partial charge in [0.05, 0.1) is 11.6 Å². The zero-order valence-electron chi connectivity index (χ0n) is 10.4. The van der Waals surface area contributed by atoms with E-state index < -0.39 is 0 Å². The van der Waals surface area contributed by atoms with E-state index in [1.807, 2.05) is 12.1 Å². The molecule has 102 valence electrons. The van der Waals surface area contributed by atoms with Gasteiger partial charge in [0.25, 0.3) is 5.19 Å². The minimum atomic E-state index is 0.483. The van der Waals surface area contributed by atoms with Crippen LogP contribution in [0.1, 0.15) is 5.01 Å². The number of ether oxygens (including phenoxy) is 2. The summed E-state index contributed by atoms with van der Waals surface area (Å²) < 4.78 is 10.5. The summed E-state index contributed by atoms with van der Waals surface area (Å²) in [4.78, 5) is 0. The number of halogens is 1. The third kappa shape index (κ3) is 4.43. The summed E-state index contributed by atoms with van der Waals surface area (Å²) in [6, 6.07) is 7.27. The number of rotatable bonds is 7. The molecule has 0 aliphatic rings. The van der Waals surface area contributed by atoms with Crippen molar-refractivity contribution in [2.75, 3.05) is 20.3 Å². The van der Waals surface area contributed by atoms with E-state index in [0.717, 1.165) is 11.6 Å². The third-order valence-electron chi connectivity index (χ3n) is 2.24. The van der Waals surface area contributed by atoms with Gasteiger partial charge in [0.15, 0.2) is 0 Å². The van der Waals surface area contributed by atoms with Gasteiger partial charge in [0, 0.05) is 20.2 Å². The molecular weight excluding hydrogens is 286 g/mol. The fraction of sp³-hybridized carbons (Fsp3) is 0.333. The minimum Gasteiger partial charge on any atom is -0.428 e. The van der Waals surface area contributed by atoms with Crippen LogP contribution in [0.3, 0.4) is 0 Å². The zero-order valence-corrected chi connectivity index (χ0v) is 12.0. The van der Waals surface area contributed by atoms with Gasteiger partial charge in [-0.1, -0.05) is 40.2 Å². The fourth-order valence-electron chi connectivity index (χ4n) is 1.34. The number of aromatic nitrogens is 2. The van der Waals surface area contributed by atoms with Crippen LogP contribution < -0.4 is 10.1 Å². The van der Waals surface area contributed by atoms with Crippen LogP contribution in [-0.4, -0.2) is 30.5 Å². The van der Waals surface area contributed by atoms with Gasteiger partial charge in [-0.05, 0) is 12.1 Å². The first-order chi connectivity index (χ1) is 9.29. The molecule has 0 unspecified atom stereocenters. The molecule has 0 saturated carbocycles. The first-order valence-corrected chi connectivity index (χ1v) is 6.93. The van der Waals surface area contributed by atoms with Gasteiger partial charge < -0.3 is 14.8 Å². The Morgan fingerprint density at radius 3 is 2.95 bits per heavy atom. The van der Waals surface area contributed by atoms with E-state index in [1.54, 1.807) is 19.2 Å². The normalized spacial score (nSPS) is 10.6. The number of hydrogen-bond acceptors (Lipinski definition) is 6. The Balaban J connectivity index is 1.89. The Bertz CT molecular complexity index is 521. The number of nitrogens with one attached hydrogen (secondary N) is 1. The predicted molar refractivity (Wildman–Crippen MR) is 75.0 cm³/mol. The van der Waals surface area contributed by atoms with E-state index >= 15 is 0 Å². The average molecular weight is 300 g/mol. The first kappa shape index (κ1) is 14.2. The van der Waals surface area contributed by atoms with Crippen molar-refractivity contribution in [3.05, 3.63) is 34.3 Å². The second-order valence-corrected chi connectivity index (χ2v) is 5.10. The number of benzene rings is 1. The maximum absolute atomic E-state index is 6.00. The first-order valence-electron chi connectivity index (χ1n) is 5.74. The van der Waals surface area contributed by atoms with Crippen LogP contribution in [0.5, 0.6) is 10.9 Å². The highest BCUT2D eigenvalue weighted by atomic mass is 35.5. The summed E-state index contributed by atoms with van der Waals surface area (Å²) in [7, 11) is 1.67. The van der Waals surface area contributed by atoms with E-state index in [-0.39, 0.29) is 0 Å². The average Bonchev–Trinajstić information content (AvgIpc) is 2.85. The summed E-state index contributed by atoms with van der Waals surface area (Å²) >= 11 is 7.39. The number of nitrogens with zero attached hydrogens (tertiary/aromatic N) is 2. The van der Waals surface area contributed by atoms with Crippen molar-refractivity contribution in [3.8, 4) is 10.9 Å². The summed E-state index contributed by atoms with van der Waals surface area (Å²) in [6.07, 6.45) is 0. The standard InChI is InChI=1S/C12H14ClN3O2S/c1-17-7-6-14-8-11-15-16-12(19-11)18-10-5-3-2-4-9(10)13/h2-5,14H,6-8H2,1H3. The van der Waals surface area contributed by atoms with Gasteiger partial charge in [0.1, 0.15) is 10.8 Å². The lowest BCUT2D eigenvalue weighted by Gasteiger charge is -2.02. The summed E-state index contributed by atoms with van der Waals surface area (Å²) in [5, 5.41) is 13.1. The van der Waals surface area contributed by atoms with Crippen molar-refractivity contribution in [2.24, 2.45) is 0 Å². The molecule has 0 radical (unpaired) electrons. The van der Waals surface area contributed by atoms with Crippen LogP contribution in [0.25, 0.3) is 0 Å². The van der Waals surface area contributed by atoms with Crippen LogP contribution >= 0.6 is 22.9 Å². The molecule has 0 saturated heterocycles. The maximum Gasteiger partial charge on any atom is 0.299 e. The van der Waals surface area contributed by atoms with E-state index in [4.69, 9.17) is 21.1 Å². The van der Waals surface area contributed by atoms with Crippen LogP contribution in [0, 0.1) is 0 Å². The SMILES string of the molecule is COCCNCc1nnc(Oc2ccccc2Cl)s1. The van der Waals surface area contributed by atoms with Gasteiger partial charge in [0.2, 0.25) is 0 Å². The Kier molecular flexibility index (Phi) is 5.53. The van der Waals surface area contributed by atoms with Crippen molar-refractivity contribution in [2.45, 2.75) is 6.54 Å². The van der Waals surface area contributed by atoms with Gasteiger partial charge in [-0.3, -0.25) is 0 Å². The van der Waals surface area contributed by atoms with Gasteiger partial charge in [-0.15, -0.1) is 5.10 Å². The Labute approximate surface area is 120 Å². The molecule has 0 atom stereocenters. The number of hydrogen-bond donors (Lipinski definition) is 1. The topological polar surface area (TPSA) is 56.3 Å². The zero-order chi connectivity index (χ0) is 13.5. The molecule has 1 aromatic carbocycles. The van der Waals surface area contributed by atoms with E-state index in [0.29, 0.717) is 29.1 Å².